The number of pyridine rings is 1. The van der Waals surface area contributed by atoms with Gasteiger partial charge >= 0.3 is 0 Å². The molecule has 1 aliphatic rings. The number of methoxy groups -OCH3 is 1. The third-order valence-corrected chi connectivity index (χ3v) is 7.81. The molecule has 2 N–H and O–H groups in total. The molecule has 0 aliphatic carbocycles. The zero-order chi connectivity index (χ0) is 30.0. The van der Waals surface area contributed by atoms with E-state index in [1.165, 1.54) is 56.9 Å². The van der Waals surface area contributed by atoms with Gasteiger partial charge in [0.15, 0.2) is 5.78 Å². The van der Waals surface area contributed by atoms with Gasteiger partial charge in [-0.05, 0) is 60.0 Å². The van der Waals surface area contributed by atoms with E-state index in [1.54, 1.807) is 29.2 Å². The highest BCUT2D eigenvalue weighted by molar-refractivity contribution is 7.89. The molecule has 5 rings (SSSR count). The standard InChI is InChI=1S/C29H27FN6O5S/c1-18(37)6-7-25(38)35-10-12-36(13-11-35)28-23-15-20(16-24(30)27(23)33-17-34-28)22-8-9-32-29(41-2)26(22)19-4-3-5-21(14-19)42(31,39)40/h3-9,14-17H,10-13H2,1-2H3,(H2,31,39,40). The fourth-order valence-corrected chi connectivity index (χ4v) is 5.46. The number of anilines is 1. The van der Waals surface area contributed by atoms with E-state index < -0.39 is 15.8 Å². The molecule has 1 aliphatic heterocycles. The molecule has 1 fully saturated rings. The number of piperazine rings is 1. The van der Waals surface area contributed by atoms with E-state index in [2.05, 4.69) is 15.0 Å². The van der Waals surface area contributed by atoms with Crippen molar-refractivity contribution < 1.29 is 27.1 Å². The molecule has 1 amide bonds. The summed E-state index contributed by atoms with van der Waals surface area (Å²) in [5, 5.41) is 5.83. The van der Waals surface area contributed by atoms with Crippen LogP contribution in [-0.2, 0) is 19.6 Å². The zero-order valence-corrected chi connectivity index (χ0v) is 23.6. The zero-order valence-electron chi connectivity index (χ0n) is 22.8. The lowest BCUT2D eigenvalue weighted by Crippen LogP contribution is -2.48. The van der Waals surface area contributed by atoms with Crippen LogP contribution in [0.5, 0.6) is 5.88 Å². The maximum Gasteiger partial charge on any atom is 0.246 e. The Morgan fingerprint density at radius 2 is 1.76 bits per heavy atom. The number of fused-ring (bicyclic) bond motifs is 1. The van der Waals surface area contributed by atoms with E-state index in [0.717, 1.165) is 0 Å². The Morgan fingerprint density at radius 1 is 1.00 bits per heavy atom. The van der Waals surface area contributed by atoms with Crippen LogP contribution in [0.25, 0.3) is 33.2 Å². The lowest BCUT2D eigenvalue weighted by atomic mass is 9.94. The number of nitrogens with zero attached hydrogens (tertiary/aromatic N) is 5. The molecular weight excluding hydrogens is 563 g/mol. The molecule has 0 spiro atoms. The number of allylic oxidation sites excluding steroid dienone is 1. The largest absolute Gasteiger partial charge is 0.481 e. The Kier molecular flexibility index (Phi) is 7.96. The van der Waals surface area contributed by atoms with Crippen LogP contribution in [0.1, 0.15) is 6.92 Å². The monoisotopic (exact) mass is 590 g/mol. The van der Waals surface area contributed by atoms with Crippen molar-refractivity contribution >= 4 is 38.4 Å². The van der Waals surface area contributed by atoms with Crippen LogP contribution >= 0.6 is 0 Å². The smallest absolute Gasteiger partial charge is 0.246 e. The Morgan fingerprint density at radius 3 is 2.45 bits per heavy atom. The van der Waals surface area contributed by atoms with Crippen LogP contribution in [0.3, 0.4) is 0 Å². The van der Waals surface area contributed by atoms with Crippen LogP contribution < -0.4 is 14.8 Å². The fraction of sp³-hybridized carbons (Fsp3) is 0.207. The Balaban J connectivity index is 1.57. The van der Waals surface area contributed by atoms with Gasteiger partial charge in [0.05, 0.1) is 17.6 Å². The second kappa shape index (κ2) is 11.6. The summed E-state index contributed by atoms with van der Waals surface area (Å²) < 4.78 is 45.2. The fourth-order valence-electron chi connectivity index (χ4n) is 4.90. The Bertz CT molecular complexity index is 1840. The minimum absolute atomic E-state index is 0.0911. The quantitative estimate of drug-likeness (QED) is 0.321. The molecule has 0 radical (unpaired) electrons. The van der Waals surface area contributed by atoms with Gasteiger partial charge in [-0.25, -0.2) is 32.9 Å². The summed E-state index contributed by atoms with van der Waals surface area (Å²) in [7, 11) is -2.55. The topological polar surface area (TPSA) is 149 Å². The van der Waals surface area contributed by atoms with Gasteiger partial charge in [-0.15, -0.1) is 0 Å². The van der Waals surface area contributed by atoms with Crippen LogP contribution in [0.2, 0.25) is 0 Å². The van der Waals surface area contributed by atoms with Crippen molar-refractivity contribution in [2.75, 3.05) is 38.2 Å². The minimum atomic E-state index is -3.99. The van der Waals surface area contributed by atoms with Gasteiger partial charge in [-0.1, -0.05) is 12.1 Å². The second-order valence-corrected chi connectivity index (χ2v) is 11.2. The average molecular weight is 591 g/mol. The predicted octanol–water partition coefficient (Wildman–Crippen LogP) is 2.95. The molecule has 1 saturated heterocycles. The molecule has 3 heterocycles. The number of rotatable bonds is 7. The number of nitrogens with two attached hydrogens (primary N) is 1. The minimum Gasteiger partial charge on any atom is -0.481 e. The van der Waals surface area contributed by atoms with Gasteiger partial charge in [0.25, 0.3) is 0 Å². The molecule has 13 heteroatoms. The van der Waals surface area contributed by atoms with E-state index in [-0.39, 0.29) is 28.0 Å². The number of primary sulfonamides is 1. The number of halogens is 1. The van der Waals surface area contributed by atoms with Crippen molar-refractivity contribution in [1.82, 2.24) is 19.9 Å². The maximum atomic E-state index is 15.6. The third kappa shape index (κ3) is 5.83. The molecule has 11 nitrogen and oxygen atoms in total. The van der Waals surface area contributed by atoms with Crippen molar-refractivity contribution in [3.63, 3.8) is 0 Å². The van der Waals surface area contributed by atoms with Crippen molar-refractivity contribution in [1.29, 1.82) is 0 Å². The van der Waals surface area contributed by atoms with Crippen molar-refractivity contribution in [3.05, 3.63) is 73.0 Å². The van der Waals surface area contributed by atoms with Gasteiger partial charge in [0.2, 0.25) is 21.8 Å². The predicted molar refractivity (Wildman–Crippen MR) is 155 cm³/mol. The van der Waals surface area contributed by atoms with Crippen molar-refractivity contribution in [3.8, 4) is 28.1 Å². The summed E-state index contributed by atoms with van der Waals surface area (Å²) in [5.74, 6) is -0.320. The van der Waals surface area contributed by atoms with Crippen LogP contribution in [-0.4, -0.2) is 73.2 Å². The van der Waals surface area contributed by atoms with Gasteiger partial charge in [0, 0.05) is 43.8 Å². The molecule has 42 heavy (non-hydrogen) atoms. The SMILES string of the molecule is COc1nccc(-c2cc(F)c3ncnc(N4CCN(C(=O)C=CC(C)=O)CC4)c3c2)c1-c1cccc(S(N)(=O)=O)c1. The number of sulfonamides is 1. The summed E-state index contributed by atoms with van der Waals surface area (Å²) >= 11 is 0. The first-order valence-corrected chi connectivity index (χ1v) is 14.4. The number of ketones is 1. The molecule has 0 bridgehead atoms. The van der Waals surface area contributed by atoms with E-state index in [1.807, 2.05) is 4.90 Å². The number of aromatic nitrogens is 3. The summed E-state index contributed by atoms with van der Waals surface area (Å²) in [6.45, 7) is 3.03. The Hall–Kier alpha value is -4.75. The molecule has 0 atom stereocenters. The highest BCUT2D eigenvalue weighted by Gasteiger charge is 2.24. The number of amides is 1. The first-order chi connectivity index (χ1) is 20.1. The number of carbonyl (C=O) groups is 2. The first kappa shape index (κ1) is 28.8. The Labute approximate surface area is 241 Å². The second-order valence-electron chi connectivity index (χ2n) is 9.62. The van der Waals surface area contributed by atoms with Gasteiger partial charge in [-0.3, -0.25) is 9.59 Å². The normalized spacial score (nSPS) is 14.0. The lowest BCUT2D eigenvalue weighted by Gasteiger charge is -2.35. The number of hydrogen-bond acceptors (Lipinski definition) is 9. The molecular formula is C29H27FN6O5S. The van der Waals surface area contributed by atoms with E-state index in [4.69, 9.17) is 9.88 Å². The molecule has 216 valence electrons. The van der Waals surface area contributed by atoms with Gasteiger partial charge in [0.1, 0.15) is 23.5 Å². The summed E-state index contributed by atoms with van der Waals surface area (Å²) in [4.78, 5) is 40.0. The summed E-state index contributed by atoms with van der Waals surface area (Å²) in [6, 6.07) is 10.8. The number of hydrogen-bond donors (Lipinski definition) is 1. The summed E-state index contributed by atoms with van der Waals surface area (Å²) in [6.07, 6.45) is 5.32. The van der Waals surface area contributed by atoms with Crippen LogP contribution in [0.15, 0.2) is 72.0 Å². The summed E-state index contributed by atoms with van der Waals surface area (Å²) in [5.41, 5.74) is 2.05. The van der Waals surface area contributed by atoms with Gasteiger partial charge < -0.3 is 14.5 Å². The number of benzene rings is 2. The molecule has 4 aromatic rings. The van der Waals surface area contributed by atoms with Crippen molar-refractivity contribution in [2.24, 2.45) is 5.14 Å². The lowest BCUT2D eigenvalue weighted by molar-refractivity contribution is -0.126. The number of ether oxygens (including phenoxy) is 1. The third-order valence-electron chi connectivity index (χ3n) is 6.89. The highest BCUT2D eigenvalue weighted by atomic mass is 32.2. The molecule has 0 saturated carbocycles. The van der Waals surface area contributed by atoms with Crippen LogP contribution in [0, 0.1) is 5.82 Å². The molecule has 2 aromatic carbocycles. The van der Waals surface area contributed by atoms with Gasteiger partial charge in [-0.2, -0.15) is 0 Å². The average Bonchev–Trinajstić information content (AvgIpc) is 2.99. The first-order valence-electron chi connectivity index (χ1n) is 12.9. The van der Waals surface area contributed by atoms with E-state index in [9.17, 15) is 18.0 Å². The maximum absolute atomic E-state index is 15.6. The van der Waals surface area contributed by atoms with E-state index in [0.29, 0.717) is 59.6 Å². The number of carbonyl (C=O) groups excluding carboxylic acids is 2. The van der Waals surface area contributed by atoms with E-state index >= 15 is 4.39 Å². The molecule has 2 aromatic heterocycles. The highest BCUT2D eigenvalue weighted by Crippen LogP contribution is 2.40. The van der Waals surface area contributed by atoms with Crippen LogP contribution in [0.4, 0.5) is 10.2 Å². The molecule has 0 unspecified atom stereocenters. The van der Waals surface area contributed by atoms with Crippen molar-refractivity contribution in [2.45, 2.75) is 11.8 Å².